The summed E-state index contributed by atoms with van der Waals surface area (Å²) in [6.45, 7) is 1.86. The van der Waals surface area contributed by atoms with E-state index in [0.717, 1.165) is 17.7 Å². The van der Waals surface area contributed by atoms with Crippen LogP contribution in [0.1, 0.15) is 12.0 Å². The lowest BCUT2D eigenvalue weighted by molar-refractivity contribution is -0.132. The Morgan fingerprint density at radius 3 is 2.57 bits per heavy atom. The molecule has 28 heavy (non-hydrogen) atoms. The number of carboxylic acids is 1. The molecule has 0 radical (unpaired) electrons. The third-order valence-corrected chi connectivity index (χ3v) is 4.65. The zero-order chi connectivity index (χ0) is 19.9. The van der Waals surface area contributed by atoms with Crippen molar-refractivity contribution < 1.29 is 24.1 Å². The van der Waals surface area contributed by atoms with E-state index in [9.17, 15) is 9.90 Å². The van der Waals surface area contributed by atoms with E-state index in [4.69, 9.17) is 25.8 Å². The van der Waals surface area contributed by atoms with E-state index in [1.807, 2.05) is 24.3 Å². The van der Waals surface area contributed by atoms with Crippen molar-refractivity contribution in [3.63, 3.8) is 0 Å². The zero-order valence-corrected chi connectivity index (χ0v) is 16.3. The van der Waals surface area contributed by atoms with Crippen LogP contribution < -0.4 is 19.5 Å². The number of nitrogens with one attached hydrogen (secondary N) is 1. The first kappa shape index (κ1) is 20.0. The van der Waals surface area contributed by atoms with Gasteiger partial charge in [0.2, 0.25) is 0 Å². The molecule has 1 aliphatic rings. The van der Waals surface area contributed by atoms with Gasteiger partial charge in [-0.05, 0) is 48.4 Å². The molecule has 0 aliphatic carbocycles. The minimum Gasteiger partial charge on any atom is -0.493 e. The lowest BCUT2D eigenvalue weighted by Crippen LogP contribution is -2.28. The first-order valence-electron chi connectivity index (χ1n) is 8.94. The van der Waals surface area contributed by atoms with Crippen LogP contribution >= 0.6 is 11.6 Å². The van der Waals surface area contributed by atoms with Gasteiger partial charge in [0.25, 0.3) is 0 Å². The first-order valence-corrected chi connectivity index (χ1v) is 9.32. The van der Waals surface area contributed by atoms with Gasteiger partial charge in [-0.3, -0.25) is 0 Å². The van der Waals surface area contributed by atoms with E-state index >= 15 is 0 Å². The van der Waals surface area contributed by atoms with Crippen LogP contribution in [0.15, 0.2) is 48.0 Å². The molecule has 0 bridgehead atoms. The Bertz CT molecular complexity index is 864. The van der Waals surface area contributed by atoms with E-state index in [1.165, 1.54) is 0 Å². The molecule has 2 N–H and O–H groups in total. The summed E-state index contributed by atoms with van der Waals surface area (Å²) in [6, 6.07) is 12.6. The van der Waals surface area contributed by atoms with Gasteiger partial charge in [0.05, 0.1) is 12.7 Å². The number of methoxy groups -OCH3 is 1. The summed E-state index contributed by atoms with van der Waals surface area (Å²) in [5, 5.41) is 13.0. The topological polar surface area (TPSA) is 77.0 Å². The summed E-state index contributed by atoms with van der Waals surface area (Å²) in [6.07, 6.45) is 0.693. The highest BCUT2D eigenvalue weighted by molar-refractivity contribution is 6.30. The molecule has 0 saturated carbocycles. The second-order valence-corrected chi connectivity index (χ2v) is 6.64. The van der Waals surface area contributed by atoms with Gasteiger partial charge >= 0.3 is 5.97 Å². The van der Waals surface area contributed by atoms with Gasteiger partial charge < -0.3 is 24.6 Å². The highest BCUT2D eigenvalue weighted by Crippen LogP contribution is 2.30. The van der Waals surface area contributed by atoms with Crippen molar-refractivity contribution >= 4 is 23.1 Å². The van der Waals surface area contributed by atoms with E-state index < -0.39 is 5.97 Å². The minimum atomic E-state index is -0.877. The van der Waals surface area contributed by atoms with Crippen molar-refractivity contribution in [2.24, 2.45) is 0 Å². The Morgan fingerprint density at radius 2 is 1.86 bits per heavy atom. The lowest BCUT2D eigenvalue weighted by Gasteiger charge is -2.19. The zero-order valence-electron chi connectivity index (χ0n) is 15.5. The SMILES string of the molecule is COc1cc(Cl)ccc1OCCOc1ccc(C2=C(C(=O)O)CNCC2)cc1. The van der Waals surface area contributed by atoms with Crippen molar-refractivity contribution in [2.45, 2.75) is 6.42 Å². The average Bonchev–Trinajstić information content (AvgIpc) is 2.72. The average molecular weight is 404 g/mol. The number of hydrogen-bond acceptors (Lipinski definition) is 5. The second-order valence-electron chi connectivity index (χ2n) is 6.21. The Hall–Kier alpha value is -2.70. The predicted molar refractivity (Wildman–Crippen MR) is 107 cm³/mol. The van der Waals surface area contributed by atoms with Crippen LogP contribution in [0.3, 0.4) is 0 Å². The molecule has 0 amide bonds. The third-order valence-electron chi connectivity index (χ3n) is 4.41. The highest BCUT2D eigenvalue weighted by atomic mass is 35.5. The predicted octanol–water partition coefficient (Wildman–Crippen LogP) is 3.64. The van der Waals surface area contributed by atoms with Gasteiger partial charge in [-0.15, -0.1) is 0 Å². The molecule has 0 saturated heterocycles. The molecule has 7 heteroatoms. The van der Waals surface area contributed by atoms with Crippen LogP contribution in [0.25, 0.3) is 5.57 Å². The van der Waals surface area contributed by atoms with Crippen LogP contribution in [-0.4, -0.2) is 44.5 Å². The van der Waals surface area contributed by atoms with Gasteiger partial charge in [-0.25, -0.2) is 4.79 Å². The summed E-state index contributed by atoms with van der Waals surface area (Å²) < 4.78 is 16.6. The van der Waals surface area contributed by atoms with Crippen molar-refractivity contribution in [1.82, 2.24) is 5.32 Å². The van der Waals surface area contributed by atoms with Crippen molar-refractivity contribution in [2.75, 3.05) is 33.4 Å². The van der Waals surface area contributed by atoms with Crippen LogP contribution in [0.2, 0.25) is 5.02 Å². The Balaban J connectivity index is 1.56. The molecule has 0 fully saturated rings. The maximum atomic E-state index is 11.4. The number of hydrogen-bond donors (Lipinski definition) is 2. The van der Waals surface area contributed by atoms with Crippen LogP contribution in [0.4, 0.5) is 0 Å². The van der Waals surface area contributed by atoms with E-state index in [0.29, 0.717) is 54.0 Å². The van der Waals surface area contributed by atoms with Gasteiger partial charge in [-0.1, -0.05) is 23.7 Å². The molecule has 1 aliphatic heterocycles. The summed E-state index contributed by atoms with van der Waals surface area (Å²) in [5.41, 5.74) is 2.20. The summed E-state index contributed by atoms with van der Waals surface area (Å²) in [7, 11) is 1.56. The van der Waals surface area contributed by atoms with E-state index in [-0.39, 0.29) is 0 Å². The third kappa shape index (κ3) is 4.97. The molecule has 148 valence electrons. The first-order chi connectivity index (χ1) is 13.6. The van der Waals surface area contributed by atoms with Crippen LogP contribution in [0.5, 0.6) is 17.2 Å². The number of halogens is 1. The largest absolute Gasteiger partial charge is 0.493 e. The van der Waals surface area contributed by atoms with Crippen molar-refractivity contribution in [1.29, 1.82) is 0 Å². The van der Waals surface area contributed by atoms with Gasteiger partial charge in [0.1, 0.15) is 19.0 Å². The normalized spacial score (nSPS) is 13.9. The van der Waals surface area contributed by atoms with Crippen molar-refractivity contribution in [3.8, 4) is 17.2 Å². The molecular formula is C21H22ClNO5. The fraction of sp³-hybridized carbons (Fsp3) is 0.286. The standard InChI is InChI=1S/C21H22ClNO5/c1-26-20-12-15(22)4-7-19(20)28-11-10-27-16-5-2-14(3-6-16)17-8-9-23-13-18(17)21(24)25/h2-7,12,23H,8-11,13H2,1H3,(H,24,25). The molecule has 1 heterocycles. The Labute approximate surface area is 168 Å². The molecule has 3 rings (SSSR count). The number of ether oxygens (including phenoxy) is 3. The molecule has 0 aromatic heterocycles. The van der Waals surface area contributed by atoms with Crippen molar-refractivity contribution in [3.05, 3.63) is 58.6 Å². The molecule has 0 atom stereocenters. The molecule has 6 nitrogen and oxygen atoms in total. The minimum absolute atomic E-state index is 0.347. The number of carboxylic acid groups (broad SMARTS) is 1. The number of benzene rings is 2. The quantitative estimate of drug-likeness (QED) is 0.655. The smallest absolute Gasteiger partial charge is 0.333 e. The molecule has 0 unspecified atom stereocenters. The fourth-order valence-electron chi connectivity index (χ4n) is 3.03. The fourth-order valence-corrected chi connectivity index (χ4v) is 3.19. The summed E-state index contributed by atoms with van der Waals surface area (Å²) in [5.74, 6) is 0.991. The highest BCUT2D eigenvalue weighted by Gasteiger charge is 2.19. The summed E-state index contributed by atoms with van der Waals surface area (Å²) in [4.78, 5) is 11.4. The summed E-state index contributed by atoms with van der Waals surface area (Å²) >= 11 is 5.93. The van der Waals surface area contributed by atoms with Crippen LogP contribution in [0, 0.1) is 0 Å². The maximum absolute atomic E-state index is 11.4. The van der Waals surface area contributed by atoms with Gasteiger partial charge in [0.15, 0.2) is 11.5 Å². The molecular weight excluding hydrogens is 382 g/mol. The number of rotatable bonds is 8. The Kier molecular flexibility index (Phi) is 6.79. The second kappa shape index (κ2) is 9.48. The van der Waals surface area contributed by atoms with Crippen LogP contribution in [-0.2, 0) is 4.79 Å². The molecule has 2 aromatic carbocycles. The van der Waals surface area contributed by atoms with E-state index in [1.54, 1.807) is 25.3 Å². The van der Waals surface area contributed by atoms with Gasteiger partial charge in [0, 0.05) is 17.6 Å². The van der Waals surface area contributed by atoms with E-state index in [2.05, 4.69) is 5.32 Å². The molecule has 0 spiro atoms. The maximum Gasteiger partial charge on any atom is 0.333 e. The number of carbonyl (C=O) groups is 1. The lowest BCUT2D eigenvalue weighted by atomic mass is 9.94. The Morgan fingerprint density at radius 1 is 1.11 bits per heavy atom. The molecule has 2 aromatic rings. The number of aliphatic carboxylic acids is 1. The van der Waals surface area contributed by atoms with Gasteiger partial charge in [-0.2, -0.15) is 0 Å². The monoisotopic (exact) mass is 403 g/mol.